The first-order chi connectivity index (χ1) is 11.4. The van der Waals surface area contributed by atoms with Crippen molar-refractivity contribution in [2.45, 2.75) is 69.7 Å². The van der Waals surface area contributed by atoms with Gasteiger partial charge in [-0.15, -0.1) is 0 Å². The zero-order valence-corrected chi connectivity index (χ0v) is 14.1. The summed E-state index contributed by atoms with van der Waals surface area (Å²) in [6, 6.07) is 4.10. The average molecular weight is 312 g/mol. The number of hydrogen-bond acceptors (Lipinski definition) is 3. The van der Waals surface area contributed by atoms with E-state index in [1.165, 1.54) is 83.1 Å². The van der Waals surface area contributed by atoms with Crippen molar-refractivity contribution in [3.05, 3.63) is 24.2 Å². The van der Waals surface area contributed by atoms with Crippen LogP contribution in [-0.4, -0.2) is 32.9 Å². The van der Waals surface area contributed by atoms with Crippen LogP contribution >= 0.6 is 0 Å². The molecule has 23 heavy (non-hydrogen) atoms. The summed E-state index contributed by atoms with van der Waals surface area (Å²) in [5, 5.41) is 0. The van der Waals surface area contributed by atoms with Crippen LogP contribution in [0.15, 0.2) is 18.3 Å². The van der Waals surface area contributed by atoms with Crippen LogP contribution in [0.5, 0.6) is 0 Å². The van der Waals surface area contributed by atoms with Gasteiger partial charge >= 0.3 is 0 Å². The van der Waals surface area contributed by atoms with Crippen LogP contribution in [0.4, 0.5) is 0 Å². The Morgan fingerprint density at radius 1 is 0.913 bits per heavy atom. The van der Waals surface area contributed by atoms with E-state index in [2.05, 4.69) is 20.9 Å². The Labute approximate surface area is 138 Å². The topological polar surface area (TPSA) is 44.8 Å². The molecule has 0 spiro atoms. The van der Waals surface area contributed by atoms with Gasteiger partial charge in [-0.2, -0.15) is 0 Å². The number of aromatic nitrogens is 3. The molecule has 0 aromatic carbocycles. The van der Waals surface area contributed by atoms with Gasteiger partial charge in [0.15, 0.2) is 5.65 Å². The van der Waals surface area contributed by atoms with Crippen molar-refractivity contribution in [2.24, 2.45) is 0 Å². The maximum absolute atomic E-state index is 4.95. The van der Waals surface area contributed by atoms with Crippen LogP contribution in [0.3, 0.4) is 0 Å². The monoisotopic (exact) mass is 312 g/mol. The van der Waals surface area contributed by atoms with Crippen LogP contribution in [0.25, 0.3) is 11.2 Å². The highest BCUT2D eigenvalue weighted by atomic mass is 15.2. The summed E-state index contributed by atoms with van der Waals surface area (Å²) in [6.07, 6.45) is 15.1. The lowest BCUT2D eigenvalue weighted by Gasteiger charge is -2.42. The molecule has 3 heterocycles. The van der Waals surface area contributed by atoms with E-state index in [1.54, 1.807) is 0 Å². The van der Waals surface area contributed by atoms with Gasteiger partial charge in [-0.3, -0.25) is 4.90 Å². The Morgan fingerprint density at radius 3 is 2.30 bits per heavy atom. The van der Waals surface area contributed by atoms with Gasteiger partial charge in [0, 0.05) is 6.20 Å². The molecule has 2 aromatic heterocycles. The van der Waals surface area contributed by atoms with Crippen molar-refractivity contribution in [1.82, 2.24) is 19.9 Å². The predicted molar refractivity (Wildman–Crippen MR) is 93.3 cm³/mol. The normalized spacial score (nSPS) is 23.5. The van der Waals surface area contributed by atoms with Crippen molar-refractivity contribution >= 4 is 11.2 Å². The number of likely N-dealkylation sites (tertiary alicyclic amines) is 1. The lowest BCUT2D eigenvalue weighted by molar-refractivity contribution is 0.0644. The third-order valence-electron chi connectivity index (χ3n) is 5.84. The van der Waals surface area contributed by atoms with E-state index >= 15 is 0 Å². The standard InChI is InChI=1S/C19H28N4/c1-2-6-12-19(11-5-1,23-14-7-3-4-8-15-23)18-21-16-10-9-13-20-17(16)22-18/h9-10,13H,1-8,11-12,14-15H2,(H,20,21,22). The maximum atomic E-state index is 4.95. The van der Waals surface area contributed by atoms with Crippen molar-refractivity contribution in [1.29, 1.82) is 0 Å². The number of aromatic amines is 1. The molecule has 2 fully saturated rings. The Hall–Kier alpha value is -1.42. The second-order valence-corrected chi connectivity index (χ2v) is 7.31. The van der Waals surface area contributed by atoms with E-state index in [-0.39, 0.29) is 5.54 Å². The number of imidazole rings is 1. The Bertz CT molecular complexity index is 599. The molecular formula is C19H28N4. The van der Waals surface area contributed by atoms with Gasteiger partial charge in [-0.1, -0.05) is 38.5 Å². The van der Waals surface area contributed by atoms with Crippen LogP contribution < -0.4 is 0 Å². The SMILES string of the molecule is c1cnc2nc(C3(N4CCCCCC4)CCCCCC3)[nH]c2c1. The number of nitrogens with one attached hydrogen (secondary N) is 1. The highest BCUT2D eigenvalue weighted by molar-refractivity contribution is 5.70. The van der Waals surface area contributed by atoms with Gasteiger partial charge in [-0.05, 0) is 50.9 Å². The predicted octanol–water partition coefficient (Wildman–Crippen LogP) is 4.38. The minimum absolute atomic E-state index is 0.113. The molecule has 1 N–H and O–H groups in total. The number of pyridine rings is 1. The third kappa shape index (κ3) is 2.89. The van der Waals surface area contributed by atoms with Crippen LogP contribution in [0.1, 0.15) is 70.0 Å². The molecule has 124 valence electrons. The minimum Gasteiger partial charge on any atom is -0.339 e. The van der Waals surface area contributed by atoms with Crippen molar-refractivity contribution in [3.8, 4) is 0 Å². The van der Waals surface area contributed by atoms with Crippen molar-refractivity contribution in [3.63, 3.8) is 0 Å². The lowest BCUT2D eigenvalue weighted by Crippen LogP contribution is -2.47. The molecule has 4 heteroatoms. The summed E-state index contributed by atoms with van der Waals surface area (Å²) < 4.78 is 0. The molecule has 1 saturated heterocycles. The first kappa shape index (κ1) is 15.1. The van der Waals surface area contributed by atoms with Gasteiger partial charge < -0.3 is 4.98 Å². The number of nitrogens with zero attached hydrogens (tertiary/aromatic N) is 3. The fourth-order valence-corrected chi connectivity index (χ4v) is 4.58. The van der Waals surface area contributed by atoms with Crippen molar-refractivity contribution in [2.75, 3.05) is 13.1 Å². The van der Waals surface area contributed by atoms with Gasteiger partial charge in [0.1, 0.15) is 5.82 Å². The molecule has 0 radical (unpaired) electrons. The fraction of sp³-hybridized carbons (Fsp3) is 0.684. The van der Waals surface area contributed by atoms with Crippen LogP contribution in [0, 0.1) is 0 Å². The molecule has 1 aliphatic carbocycles. The number of rotatable bonds is 2. The summed E-state index contributed by atoms with van der Waals surface area (Å²) >= 11 is 0. The molecule has 0 bridgehead atoms. The largest absolute Gasteiger partial charge is 0.339 e. The molecular weight excluding hydrogens is 284 g/mol. The van der Waals surface area contributed by atoms with Gasteiger partial charge in [-0.25, -0.2) is 9.97 Å². The second-order valence-electron chi connectivity index (χ2n) is 7.31. The molecule has 4 rings (SSSR count). The van der Waals surface area contributed by atoms with E-state index in [0.29, 0.717) is 0 Å². The summed E-state index contributed by atoms with van der Waals surface area (Å²) in [4.78, 5) is 15.8. The molecule has 0 atom stereocenters. The molecule has 0 unspecified atom stereocenters. The quantitative estimate of drug-likeness (QED) is 0.837. The molecule has 2 aliphatic rings. The van der Waals surface area contributed by atoms with E-state index < -0.39 is 0 Å². The van der Waals surface area contributed by atoms with E-state index in [9.17, 15) is 0 Å². The molecule has 0 amide bonds. The number of hydrogen-bond donors (Lipinski definition) is 1. The molecule has 2 aromatic rings. The smallest absolute Gasteiger partial charge is 0.177 e. The van der Waals surface area contributed by atoms with Gasteiger partial charge in [0.05, 0.1) is 11.1 Å². The van der Waals surface area contributed by atoms with E-state index in [1.807, 2.05) is 12.3 Å². The fourth-order valence-electron chi connectivity index (χ4n) is 4.58. The summed E-state index contributed by atoms with van der Waals surface area (Å²) in [5.41, 5.74) is 2.07. The highest BCUT2D eigenvalue weighted by Crippen LogP contribution is 2.41. The highest BCUT2D eigenvalue weighted by Gasteiger charge is 2.41. The van der Waals surface area contributed by atoms with Crippen molar-refractivity contribution < 1.29 is 0 Å². The molecule has 4 nitrogen and oxygen atoms in total. The van der Waals surface area contributed by atoms with Crippen LogP contribution in [-0.2, 0) is 5.54 Å². The average Bonchev–Trinajstić information content (AvgIpc) is 2.76. The third-order valence-corrected chi connectivity index (χ3v) is 5.84. The minimum atomic E-state index is 0.113. The Kier molecular flexibility index (Phi) is 4.34. The zero-order valence-electron chi connectivity index (χ0n) is 14.1. The number of fused-ring (bicyclic) bond motifs is 1. The van der Waals surface area contributed by atoms with E-state index in [0.717, 1.165) is 11.2 Å². The van der Waals surface area contributed by atoms with Gasteiger partial charge in [0.25, 0.3) is 0 Å². The summed E-state index contributed by atoms with van der Waals surface area (Å²) in [7, 11) is 0. The van der Waals surface area contributed by atoms with Crippen LogP contribution in [0.2, 0.25) is 0 Å². The first-order valence-corrected chi connectivity index (χ1v) is 9.45. The first-order valence-electron chi connectivity index (χ1n) is 9.45. The summed E-state index contributed by atoms with van der Waals surface area (Å²) in [5.74, 6) is 1.18. The van der Waals surface area contributed by atoms with E-state index in [4.69, 9.17) is 4.98 Å². The molecule has 1 saturated carbocycles. The molecule has 1 aliphatic heterocycles. The maximum Gasteiger partial charge on any atom is 0.177 e. The zero-order chi connectivity index (χ0) is 15.5. The Morgan fingerprint density at radius 2 is 1.61 bits per heavy atom. The number of H-pyrrole nitrogens is 1. The summed E-state index contributed by atoms with van der Waals surface area (Å²) in [6.45, 7) is 2.45. The van der Waals surface area contributed by atoms with Gasteiger partial charge in [0.2, 0.25) is 0 Å². The second kappa shape index (κ2) is 6.60. The lowest BCUT2D eigenvalue weighted by atomic mass is 9.86. The Balaban J connectivity index is 1.76.